The smallest absolute Gasteiger partial charge is 0.163 e. The molecule has 0 fully saturated rings. The molecule has 1 unspecified atom stereocenters. The SMILES string of the molecule is CSC(C)(C)C(O)c1nnc(C)n1C. The van der Waals surface area contributed by atoms with E-state index in [4.69, 9.17) is 0 Å². The molecule has 1 rings (SSSR count). The average Bonchev–Trinajstić information content (AvgIpc) is 2.47. The fourth-order valence-electron chi connectivity index (χ4n) is 1.08. The minimum atomic E-state index is -0.594. The third-order valence-corrected chi connectivity index (χ3v) is 3.83. The highest BCUT2D eigenvalue weighted by Gasteiger charge is 2.31. The van der Waals surface area contributed by atoms with Crippen molar-refractivity contribution in [1.29, 1.82) is 0 Å². The predicted octanol–water partition coefficient (Wildman–Crippen LogP) is 1.30. The minimum Gasteiger partial charge on any atom is -0.384 e. The Morgan fingerprint density at radius 1 is 1.43 bits per heavy atom. The van der Waals surface area contributed by atoms with Crippen molar-refractivity contribution in [3.8, 4) is 0 Å². The van der Waals surface area contributed by atoms with Gasteiger partial charge in [-0.15, -0.1) is 10.2 Å². The highest BCUT2D eigenvalue weighted by molar-refractivity contribution is 7.99. The van der Waals surface area contributed by atoms with Gasteiger partial charge in [-0.2, -0.15) is 11.8 Å². The van der Waals surface area contributed by atoms with Crippen LogP contribution in [-0.2, 0) is 7.05 Å². The van der Waals surface area contributed by atoms with Crippen LogP contribution in [0.25, 0.3) is 0 Å². The zero-order valence-electron chi connectivity index (χ0n) is 9.27. The highest BCUT2D eigenvalue weighted by atomic mass is 32.2. The molecule has 0 aliphatic heterocycles. The molecule has 4 nitrogen and oxygen atoms in total. The Kier molecular flexibility index (Phi) is 3.21. The number of aromatic nitrogens is 3. The van der Waals surface area contributed by atoms with E-state index in [-0.39, 0.29) is 4.75 Å². The van der Waals surface area contributed by atoms with Crippen molar-refractivity contribution >= 4 is 11.8 Å². The van der Waals surface area contributed by atoms with Crippen LogP contribution in [0.4, 0.5) is 0 Å². The van der Waals surface area contributed by atoms with E-state index in [1.807, 2.05) is 38.6 Å². The van der Waals surface area contributed by atoms with Crippen molar-refractivity contribution in [1.82, 2.24) is 14.8 Å². The lowest BCUT2D eigenvalue weighted by molar-refractivity contribution is 0.131. The largest absolute Gasteiger partial charge is 0.384 e. The molecule has 80 valence electrons. The van der Waals surface area contributed by atoms with Crippen LogP contribution in [-0.4, -0.2) is 30.9 Å². The van der Waals surface area contributed by atoms with Gasteiger partial charge in [0.1, 0.15) is 11.9 Å². The molecule has 1 aromatic rings. The summed E-state index contributed by atoms with van der Waals surface area (Å²) in [6, 6.07) is 0. The summed E-state index contributed by atoms with van der Waals surface area (Å²) in [6.07, 6.45) is 1.38. The van der Waals surface area contributed by atoms with E-state index >= 15 is 0 Å². The molecular formula is C9H17N3OS. The number of thioether (sulfide) groups is 1. The Morgan fingerprint density at radius 3 is 2.36 bits per heavy atom. The lowest BCUT2D eigenvalue weighted by Gasteiger charge is -2.27. The summed E-state index contributed by atoms with van der Waals surface area (Å²) < 4.78 is 1.58. The van der Waals surface area contributed by atoms with Crippen molar-refractivity contribution in [3.63, 3.8) is 0 Å². The summed E-state index contributed by atoms with van der Waals surface area (Å²) in [5.41, 5.74) is 0. The van der Waals surface area contributed by atoms with E-state index in [1.54, 1.807) is 11.8 Å². The Labute approximate surface area is 88.7 Å². The second-order valence-corrected chi connectivity index (χ2v) is 5.33. The zero-order chi connectivity index (χ0) is 10.9. The molecule has 5 heteroatoms. The topological polar surface area (TPSA) is 50.9 Å². The van der Waals surface area contributed by atoms with Gasteiger partial charge in [-0.25, -0.2) is 0 Å². The van der Waals surface area contributed by atoms with Crippen LogP contribution in [0.1, 0.15) is 31.6 Å². The first-order valence-corrected chi connectivity index (χ1v) is 5.71. The van der Waals surface area contributed by atoms with Gasteiger partial charge in [0.25, 0.3) is 0 Å². The van der Waals surface area contributed by atoms with Gasteiger partial charge < -0.3 is 9.67 Å². The number of aliphatic hydroxyl groups excluding tert-OH is 1. The molecular weight excluding hydrogens is 198 g/mol. The van der Waals surface area contributed by atoms with Crippen LogP contribution in [0.2, 0.25) is 0 Å². The number of rotatable bonds is 3. The number of aliphatic hydroxyl groups is 1. The second-order valence-electron chi connectivity index (χ2n) is 3.87. The summed E-state index contributed by atoms with van der Waals surface area (Å²) in [5.74, 6) is 1.44. The van der Waals surface area contributed by atoms with Gasteiger partial charge in [0.15, 0.2) is 5.82 Å². The van der Waals surface area contributed by atoms with E-state index in [2.05, 4.69) is 10.2 Å². The van der Waals surface area contributed by atoms with E-state index in [0.29, 0.717) is 5.82 Å². The standard InChI is InChI=1S/C9H17N3OS/c1-6-10-11-8(12(6)4)7(13)9(2,3)14-5/h7,13H,1-5H3. The Morgan fingerprint density at radius 2 is 2.00 bits per heavy atom. The van der Waals surface area contributed by atoms with Crippen molar-refractivity contribution in [2.75, 3.05) is 6.26 Å². The van der Waals surface area contributed by atoms with Gasteiger partial charge in [0.2, 0.25) is 0 Å². The quantitative estimate of drug-likeness (QED) is 0.825. The third kappa shape index (κ3) is 1.93. The predicted molar refractivity (Wildman–Crippen MR) is 58.3 cm³/mol. The van der Waals surface area contributed by atoms with Crippen LogP contribution in [0.15, 0.2) is 0 Å². The van der Waals surface area contributed by atoms with E-state index in [9.17, 15) is 5.11 Å². The second kappa shape index (κ2) is 3.90. The molecule has 1 heterocycles. The lowest BCUT2D eigenvalue weighted by atomic mass is 10.1. The molecule has 0 bridgehead atoms. The molecule has 1 atom stereocenters. The van der Waals surface area contributed by atoms with Crippen LogP contribution >= 0.6 is 11.8 Å². The van der Waals surface area contributed by atoms with Gasteiger partial charge >= 0.3 is 0 Å². The summed E-state index contributed by atoms with van der Waals surface area (Å²) in [6.45, 7) is 5.86. The summed E-state index contributed by atoms with van der Waals surface area (Å²) in [5, 5.41) is 18.0. The minimum absolute atomic E-state index is 0.243. The Hall–Kier alpha value is -0.550. The van der Waals surface area contributed by atoms with Gasteiger partial charge in [-0.1, -0.05) is 0 Å². The number of aryl methyl sites for hydroxylation is 1. The Balaban J connectivity index is 3.00. The first-order chi connectivity index (χ1) is 6.40. The molecule has 14 heavy (non-hydrogen) atoms. The maximum Gasteiger partial charge on any atom is 0.163 e. The molecule has 0 saturated heterocycles. The van der Waals surface area contributed by atoms with E-state index < -0.39 is 6.10 Å². The van der Waals surface area contributed by atoms with Crippen LogP contribution < -0.4 is 0 Å². The van der Waals surface area contributed by atoms with Gasteiger partial charge in [0, 0.05) is 11.8 Å². The zero-order valence-corrected chi connectivity index (χ0v) is 10.1. The molecule has 0 amide bonds. The van der Waals surface area contributed by atoms with E-state index in [0.717, 1.165) is 5.82 Å². The molecule has 0 spiro atoms. The van der Waals surface area contributed by atoms with Crippen molar-refractivity contribution in [3.05, 3.63) is 11.6 Å². The fourth-order valence-corrected chi connectivity index (χ4v) is 1.41. The number of hydrogen-bond acceptors (Lipinski definition) is 4. The van der Waals surface area contributed by atoms with Crippen LogP contribution in [0, 0.1) is 6.92 Å². The van der Waals surface area contributed by atoms with Gasteiger partial charge in [0.05, 0.1) is 0 Å². The number of nitrogens with zero attached hydrogens (tertiary/aromatic N) is 3. The average molecular weight is 215 g/mol. The van der Waals surface area contributed by atoms with Crippen LogP contribution in [0.3, 0.4) is 0 Å². The summed E-state index contributed by atoms with van der Waals surface area (Å²) in [7, 11) is 1.87. The molecule has 0 aromatic carbocycles. The van der Waals surface area contributed by atoms with Crippen LogP contribution in [0.5, 0.6) is 0 Å². The molecule has 0 aliphatic carbocycles. The third-order valence-electron chi connectivity index (χ3n) is 2.56. The van der Waals surface area contributed by atoms with Gasteiger partial charge in [-0.3, -0.25) is 0 Å². The molecule has 0 radical (unpaired) electrons. The normalized spacial score (nSPS) is 14.4. The monoisotopic (exact) mass is 215 g/mol. The Bertz CT molecular complexity index is 322. The molecule has 0 saturated carbocycles. The first-order valence-electron chi connectivity index (χ1n) is 4.49. The number of hydrogen-bond donors (Lipinski definition) is 1. The highest BCUT2D eigenvalue weighted by Crippen LogP contribution is 2.34. The van der Waals surface area contributed by atoms with Crippen molar-refractivity contribution in [2.24, 2.45) is 7.05 Å². The summed E-state index contributed by atoms with van der Waals surface area (Å²) >= 11 is 1.62. The molecule has 1 N–H and O–H groups in total. The first kappa shape index (κ1) is 11.5. The summed E-state index contributed by atoms with van der Waals surface area (Å²) in [4.78, 5) is 0. The maximum atomic E-state index is 10.1. The van der Waals surface area contributed by atoms with Crippen molar-refractivity contribution < 1.29 is 5.11 Å². The van der Waals surface area contributed by atoms with E-state index in [1.165, 1.54) is 0 Å². The molecule has 1 aromatic heterocycles. The fraction of sp³-hybridized carbons (Fsp3) is 0.778. The molecule has 0 aliphatic rings. The van der Waals surface area contributed by atoms with Gasteiger partial charge in [-0.05, 0) is 27.0 Å². The lowest BCUT2D eigenvalue weighted by Crippen LogP contribution is -2.27. The van der Waals surface area contributed by atoms with Crippen molar-refractivity contribution in [2.45, 2.75) is 31.6 Å². The maximum absolute atomic E-state index is 10.1.